The molecule has 1 aliphatic carbocycles. The minimum absolute atomic E-state index is 0.109. The van der Waals surface area contributed by atoms with Crippen LogP contribution < -0.4 is 10.0 Å². The maximum atomic E-state index is 12.4. The predicted octanol–water partition coefficient (Wildman–Crippen LogP) is 2.66. The van der Waals surface area contributed by atoms with Crippen molar-refractivity contribution in [3.63, 3.8) is 0 Å². The van der Waals surface area contributed by atoms with Gasteiger partial charge >= 0.3 is 0 Å². The number of benzene rings is 1. The van der Waals surface area contributed by atoms with E-state index >= 15 is 0 Å². The lowest BCUT2D eigenvalue weighted by Gasteiger charge is -2.23. The molecule has 1 fully saturated rings. The van der Waals surface area contributed by atoms with Crippen LogP contribution >= 0.6 is 0 Å². The molecule has 1 aliphatic heterocycles. The van der Waals surface area contributed by atoms with Crippen LogP contribution in [0, 0.1) is 0 Å². The number of fused-ring (bicyclic) bond motifs is 1. The van der Waals surface area contributed by atoms with Crippen molar-refractivity contribution in [3.8, 4) is 0 Å². The molecule has 0 saturated heterocycles. The van der Waals surface area contributed by atoms with E-state index in [1.54, 1.807) is 12.1 Å². The molecular formula is C15H22N2O2S. The van der Waals surface area contributed by atoms with Crippen LogP contribution in [0.2, 0.25) is 0 Å². The molecule has 1 saturated carbocycles. The summed E-state index contributed by atoms with van der Waals surface area (Å²) in [4.78, 5) is 0.385. The number of aryl methyl sites for hydroxylation is 1. The van der Waals surface area contributed by atoms with Crippen molar-refractivity contribution in [3.05, 3.63) is 23.8 Å². The molecule has 0 radical (unpaired) electrons. The van der Waals surface area contributed by atoms with Crippen molar-refractivity contribution in [1.82, 2.24) is 4.72 Å². The van der Waals surface area contributed by atoms with Gasteiger partial charge in [0.05, 0.1) is 4.90 Å². The summed E-state index contributed by atoms with van der Waals surface area (Å²) in [5.74, 6) is 0. The zero-order valence-electron chi connectivity index (χ0n) is 11.7. The van der Waals surface area contributed by atoms with Crippen molar-refractivity contribution in [2.45, 2.75) is 55.9 Å². The van der Waals surface area contributed by atoms with Gasteiger partial charge in [0, 0.05) is 18.3 Å². The first-order chi connectivity index (χ1) is 9.65. The molecule has 0 amide bonds. The van der Waals surface area contributed by atoms with Crippen LogP contribution in [0.5, 0.6) is 0 Å². The molecule has 4 nitrogen and oxygen atoms in total. The number of hydrogen-bond donors (Lipinski definition) is 2. The summed E-state index contributed by atoms with van der Waals surface area (Å²) in [6.07, 6.45) is 7.53. The van der Waals surface area contributed by atoms with E-state index in [1.807, 2.05) is 6.07 Å². The van der Waals surface area contributed by atoms with Crippen LogP contribution in [0.15, 0.2) is 23.1 Å². The van der Waals surface area contributed by atoms with Gasteiger partial charge in [0.15, 0.2) is 0 Å². The summed E-state index contributed by atoms with van der Waals surface area (Å²) >= 11 is 0. The Hall–Kier alpha value is -1.07. The Kier molecular flexibility index (Phi) is 3.98. The van der Waals surface area contributed by atoms with Crippen LogP contribution in [0.1, 0.15) is 44.1 Å². The molecule has 2 N–H and O–H groups in total. The average molecular weight is 294 g/mol. The molecule has 0 bridgehead atoms. The largest absolute Gasteiger partial charge is 0.385 e. The van der Waals surface area contributed by atoms with Gasteiger partial charge in [0.1, 0.15) is 0 Å². The number of sulfonamides is 1. The summed E-state index contributed by atoms with van der Waals surface area (Å²) in [6, 6.07) is 5.56. The first kappa shape index (κ1) is 13.9. The van der Waals surface area contributed by atoms with E-state index in [-0.39, 0.29) is 6.04 Å². The number of hydrogen-bond acceptors (Lipinski definition) is 3. The van der Waals surface area contributed by atoms with Gasteiger partial charge in [0.2, 0.25) is 10.0 Å². The van der Waals surface area contributed by atoms with Gasteiger partial charge in [-0.2, -0.15) is 0 Å². The molecule has 0 aromatic heterocycles. The summed E-state index contributed by atoms with van der Waals surface area (Å²) in [6.45, 7) is 0.923. The first-order valence-electron chi connectivity index (χ1n) is 7.54. The molecule has 3 rings (SSSR count). The normalized spacial score (nSPS) is 20.2. The lowest BCUT2D eigenvalue weighted by Crippen LogP contribution is -2.36. The Morgan fingerprint density at radius 2 is 1.90 bits per heavy atom. The molecule has 5 heteroatoms. The third-order valence-electron chi connectivity index (χ3n) is 4.26. The second-order valence-electron chi connectivity index (χ2n) is 5.81. The highest BCUT2D eigenvalue weighted by Crippen LogP contribution is 2.26. The van der Waals surface area contributed by atoms with E-state index in [0.717, 1.165) is 50.8 Å². The lowest BCUT2D eigenvalue weighted by molar-refractivity contribution is 0.412. The van der Waals surface area contributed by atoms with E-state index in [0.29, 0.717) is 4.90 Å². The molecule has 1 heterocycles. The summed E-state index contributed by atoms with van der Waals surface area (Å²) < 4.78 is 27.8. The maximum Gasteiger partial charge on any atom is 0.240 e. The van der Waals surface area contributed by atoms with Crippen molar-refractivity contribution >= 4 is 15.7 Å². The van der Waals surface area contributed by atoms with Crippen LogP contribution in [0.4, 0.5) is 5.69 Å². The van der Waals surface area contributed by atoms with Gasteiger partial charge in [-0.05, 0) is 43.4 Å². The van der Waals surface area contributed by atoms with E-state index in [1.165, 1.54) is 12.0 Å². The van der Waals surface area contributed by atoms with E-state index in [4.69, 9.17) is 0 Å². The highest BCUT2D eigenvalue weighted by atomic mass is 32.2. The smallest absolute Gasteiger partial charge is 0.240 e. The fourth-order valence-electron chi connectivity index (χ4n) is 3.12. The standard InChI is InChI=1S/C15H22N2O2S/c18-20(19,17-13-6-2-1-3-7-13)14-9-8-12-5-4-10-16-15(12)11-14/h8-9,11,13,16-17H,1-7,10H2. The number of anilines is 1. The molecule has 0 atom stereocenters. The molecule has 1 aromatic rings. The highest BCUT2D eigenvalue weighted by molar-refractivity contribution is 7.89. The summed E-state index contributed by atoms with van der Waals surface area (Å²) in [5, 5.41) is 3.29. The van der Waals surface area contributed by atoms with E-state index < -0.39 is 10.0 Å². The Morgan fingerprint density at radius 1 is 1.10 bits per heavy atom. The van der Waals surface area contributed by atoms with Gasteiger partial charge < -0.3 is 5.32 Å². The SMILES string of the molecule is O=S(=O)(NC1CCCCC1)c1ccc2c(c1)NCCC2. The Balaban J connectivity index is 1.79. The van der Waals surface area contributed by atoms with Crippen molar-refractivity contribution in [2.75, 3.05) is 11.9 Å². The fourth-order valence-corrected chi connectivity index (χ4v) is 4.45. The van der Waals surface area contributed by atoms with Crippen molar-refractivity contribution in [2.24, 2.45) is 0 Å². The van der Waals surface area contributed by atoms with Gasteiger partial charge in [0.25, 0.3) is 0 Å². The number of nitrogens with one attached hydrogen (secondary N) is 2. The van der Waals surface area contributed by atoms with E-state index in [9.17, 15) is 8.42 Å². The van der Waals surface area contributed by atoms with Crippen LogP contribution in [0.25, 0.3) is 0 Å². The molecular weight excluding hydrogens is 272 g/mol. The van der Waals surface area contributed by atoms with Crippen molar-refractivity contribution < 1.29 is 8.42 Å². The molecule has 0 unspecified atom stereocenters. The Bertz CT molecular complexity index is 578. The predicted molar refractivity (Wildman–Crippen MR) is 80.4 cm³/mol. The van der Waals surface area contributed by atoms with Gasteiger partial charge in [-0.1, -0.05) is 25.3 Å². The monoisotopic (exact) mass is 294 g/mol. The van der Waals surface area contributed by atoms with E-state index in [2.05, 4.69) is 10.0 Å². The van der Waals surface area contributed by atoms with Crippen LogP contribution in [0.3, 0.4) is 0 Å². The van der Waals surface area contributed by atoms with Gasteiger partial charge in [-0.25, -0.2) is 13.1 Å². The fraction of sp³-hybridized carbons (Fsp3) is 0.600. The summed E-state index contributed by atoms with van der Waals surface area (Å²) in [5.41, 5.74) is 2.19. The third kappa shape index (κ3) is 2.99. The van der Waals surface area contributed by atoms with Gasteiger partial charge in [-0.15, -0.1) is 0 Å². The average Bonchev–Trinajstić information content (AvgIpc) is 2.47. The van der Waals surface area contributed by atoms with Gasteiger partial charge in [-0.3, -0.25) is 0 Å². The quantitative estimate of drug-likeness (QED) is 0.901. The first-order valence-corrected chi connectivity index (χ1v) is 9.03. The number of rotatable bonds is 3. The van der Waals surface area contributed by atoms with Crippen molar-refractivity contribution in [1.29, 1.82) is 0 Å². The molecule has 1 aromatic carbocycles. The zero-order chi connectivity index (χ0) is 14.0. The minimum atomic E-state index is -3.38. The topological polar surface area (TPSA) is 58.2 Å². The molecule has 0 spiro atoms. The maximum absolute atomic E-state index is 12.4. The molecule has 2 aliphatic rings. The Labute approximate surface area is 121 Å². The second kappa shape index (κ2) is 5.74. The van der Waals surface area contributed by atoms with Crippen LogP contribution in [-0.2, 0) is 16.4 Å². The lowest BCUT2D eigenvalue weighted by atomic mass is 9.96. The summed E-state index contributed by atoms with van der Waals surface area (Å²) in [7, 11) is -3.38. The zero-order valence-corrected chi connectivity index (χ0v) is 12.5. The molecule has 110 valence electrons. The highest BCUT2D eigenvalue weighted by Gasteiger charge is 2.23. The van der Waals surface area contributed by atoms with Crippen LogP contribution in [-0.4, -0.2) is 21.0 Å². The Morgan fingerprint density at radius 3 is 2.70 bits per heavy atom. The molecule has 20 heavy (non-hydrogen) atoms. The third-order valence-corrected chi connectivity index (χ3v) is 5.78. The minimum Gasteiger partial charge on any atom is -0.385 e. The second-order valence-corrected chi connectivity index (χ2v) is 7.52.